The van der Waals surface area contributed by atoms with Crippen molar-refractivity contribution in [1.82, 2.24) is 4.90 Å². The molecule has 1 aromatic carbocycles. The van der Waals surface area contributed by atoms with E-state index in [0.29, 0.717) is 31.3 Å². The number of carbonyl (C=O) groups excluding carboxylic acids is 1. The van der Waals surface area contributed by atoms with Crippen molar-refractivity contribution in [3.05, 3.63) is 24.3 Å². The number of hydrogen-bond acceptors (Lipinski definition) is 4. The minimum atomic E-state index is -0.804. The van der Waals surface area contributed by atoms with Crippen molar-refractivity contribution in [2.24, 2.45) is 11.8 Å². The van der Waals surface area contributed by atoms with Gasteiger partial charge in [0, 0.05) is 19.3 Å². The Morgan fingerprint density at radius 1 is 1.03 bits per heavy atom. The fourth-order valence-corrected chi connectivity index (χ4v) is 3.74. The lowest BCUT2D eigenvalue weighted by Gasteiger charge is -2.34. The molecule has 166 valence electrons. The lowest BCUT2D eigenvalue weighted by atomic mass is 9.84. The minimum absolute atomic E-state index is 0.0738. The van der Waals surface area contributed by atoms with E-state index in [9.17, 15) is 4.79 Å². The Kier molecular flexibility index (Phi) is 11.3. The molecule has 5 nitrogen and oxygen atoms in total. The molecule has 1 aromatic rings. The molecule has 0 aliphatic rings. The van der Waals surface area contributed by atoms with Gasteiger partial charge in [-0.2, -0.15) is 0 Å². The van der Waals surface area contributed by atoms with E-state index < -0.39 is 5.60 Å². The summed E-state index contributed by atoms with van der Waals surface area (Å²) in [7, 11) is 1.64. The van der Waals surface area contributed by atoms with Crippen LogP contribution in [0.3, 0.4) is 0 Å². The monoisotopic (exact) mass is 406 g/mol. The number of carbonyl (C=O) groups is 1. The van der Waals surface area contributed by atoms with Crippen molar-refractivity contribution in [3.63, 3.8) is 0 Å². The summed E-state index contributed by atoms with van der Waals surface area (Å²) in [5.74, 6) is 1.48. The summed E-state index contributed by atoms with van der Waals surface area (Å²) in [5.41, 5.74) is -0.0403. The molecule has 0 atom stereocenters. The maximum atomic E-state index is 13.1. The van der Waals surface area contributed by atoms with E-state index in [1.807, 2.05) is 24.3 Å². The molecule has 5 heteroatoms. The van der Waals surface area contributed by atoms with Gasteiger partial charge in [0.25, 0.3) is 5.91 Å². The van der Waals surface area contributed by atoms with Crippen LogP contribution in [0.15, 0.2) is 24.3 Å². The summed E-state index contributed by atoms with van der Waals surface area (Å²) in [6.07, 6.45) is 2.39. The number of amides is 1. The lowest BCUT2D eigenvalue weighted by Crippen LogP contribution is -2.46. The van der Waals surface area contributed by atoms with Crippen molar-refractivity contribution in [1.29, 1.82) is 0 Å². The number of nitrogens with one attached hydrogen (secondary N) is 1. The Morgan fingerprint density at radius 2 is 1.59 bits per heavy atom. The van der Waals surface area contributed by atoms with E-state index in [4.69, 9.17) is 9.47 Å². The molecule has 29 heavy (non-hydrogen) atoms. The van der Waals surface area contributed by atoms with Crippen LogP contribution in [0.25, 0.3) is 0 Å². The summed E-state index contributed by atoms with van der Waals surface area (Å²) in [6.45, 7) is 16.7. The fourth-order valence-electron chi connectivity index (χ4n) is 3.74. The summed E-state index contributed by atoms with van der Waals surface area (Å²) >= 11 is 0. The number of methoxy groups -OCH3 is 1. The van der Waals surface area contributed by atoms with Gasteiger partial charge in [-0.25, -0.2) is 0 Å². The van der Waals surface area contributed by atoms with Crippen LogP contribution < -0.4 is 10.1 Å². The molecule has 1 rings (SSSR count). The molecule has 0 aliphatic carbocycles. The number of rotatable bonds is 14. The first-order valence-corrected chi connectivity index (χ1v) is 11.1. The van der Waals surface area contributed by atoms with Gasteiger partial charge in [-0.1, -0.05) is 41.5 Å². The van der Waals surface area contributed by atoms with Gasteiger partial charge >= 0.3 is 0 Å². The largest absolute Gasteiger partial charge is 0.494 e. The predicted octanol–water partition coefficient (Wildman–Crippen LogP) is 5.21. The van der Waals surface area contributed by atoms with Crippen molar-refractivity contribution < 1.29 is 14.3 Å². The summed E-state index contributed by atoms with van der Waals surface area (Å²) in [5, 5.41) is 3.04. The predicted molar refractivity (Wildman–Crippen MR) is 122 cm³/mol. The molecule has 0 aliphatic heterocycles. The molecule has 0 radical (unpaired) electrons. The van der Waals surface area contributed by atoms with Crippen LogP contribution in [0, 0.1) is 11.8 Å². The standard InChI is InChI=1S/C24H42N2O3/c1-8-26(9-2)15-10-16-29-22-13-11-21(12-14-22)25-23(27)24(28-7,17-19(3)4)18-20(5)6/h11-14,19-20H,8-10,15-18H2,1-7H3,(H,25,27). The maximum absolute atomic E-state index is 13.1. The number of anilines is 1. The molecular formula is C24H42N2O3. The quantitative estimate of drug-likeness (QED) is 0.431. The van der Waals surface area contributed by atoms with Crippen molar-refractivity contribution in [3.8, 4) is 5.75 Å². The van der Waals surface area contributed by atoms with E-state index in [0.717, 1.165) is 37.5 Å². The van der Waals surface area contributed by atoms with Gasteiger partial charge < -0.3 is 19.7 Å². The summed E-state index contributed by atoms with van der Waals surface area (Å²) in [4.78, 5) is 15.5. The lowest BCUT2D eigenvalue weighted by molar-refractivity contribution is -0.142. The van der Waals surface area contributed by atoms with Crippen molar-refractivity contribution in [2.45, 2.75) is 66.4 Å². The number of nitrogens with zero attached hydrogens (tertiary/aromatic N) is 1. The van der Waals surface area contributed by atoms with Gasteiger partial charge in [-0.05, 0) is 68.5 Å². The Balaban J connectivity index is 2.66. The van der Waals surface area contributed by atoms with Gasteiger partial charge in [-0.15, -0.1) is 0 Å². The molecule has 0 saturated heterocycles. The van der Waals surface area contributed by atoms with Crippen LogP contribution >= 0.6 is 0 Å². The van der Waals surface area contributed by atoms with E-state index in [-0.39, 0.29) is 5.91 Å². The van der Waals surface area contributed by atoms with Gasteiger partial charge in [0.1, 0.15) is 11.4 Å². The second-order valence-electron chi connectivity index (χ2n) is 8.60. The molecule has 0 saturated carbocycles. The second kappa shape index (κ2) is 12.9. The summed E-state index contributed by atoms with van der Waals surface area (Å²) < 4.78 is 11.6. The molecule has 0 bridgehead atoms. The minimum Gasteiger partial charge on any atom is -0.494 e. The molecule has 0 aromatic heterocycles. The first kappa shape index (κ1) is 25.4. The smallest absolute Gasteiger partial charge is 0.256 e. The van der Waals surface area contributed by atoms with Crippen LogP contribution in [0.4, 0.5) is 5.69 Å². The zero-order chi connectivity index (χ0) is 21.9. The molecule has 1 N–H and O–H groups in total. The topological polar surface area (TPSA) is 50.8 Å². The van der Waals surface area contributed by atoms with Crippen molar-refractivity contribution >= 4 is 11.6 Å². The number of hydrogen-bond donors (Lipinski definition) is 1. The third-order valence-corrected chi connectivity index (χ3v) is 5.17. The van der Waals surface area contributed by atoms with Crippen LogP contribution in [-0.2, 0) is 9.53 Å². The van der Waals surface area contributed by atoms with Crippen LogP contribution in [0.2, 0.25) is 0 Å². The first-order valence-electron chi connectivity index (χ1n) is 11.1. The molecule has 0 heterocycles. The highest BCUT2D eigenvalue weighted by molar-refractivity contribution is 5.97. The Morgan fingerprint density at radius 3 is 2.03 bits per heavy atom. The zero-order valence-corrected chi connectivity index (χ0v) is 19.6. The highest BCUT2D eigenvalue weighted by atomic mass is 16.5. The van der Waals surface area contributed by atoms with Crippen molar-refractivity contribution in [2.75, 3.05) is 38.7 Å². The summed E-state index contributed by atoms with van der Waals surface area (Å²) in [6, 6.07) is 7.60. The normalized spacial score (nSPS) is 12.1. The average molecular weight is 407 g/mol. The fraction of sp³-hybridized carbons (Fsp3) is 0.708. The molecule has 1 amide bonds. The van der Waals surface area contributed by atoms with Gasteiger partial charge in [0.15, 0.2) is 0 Å². The van der Waals surface area contributed by atoms with Crippen LogP contribution in [0.5, 0.6) is 5.75 Å². The highest BCUT2D eigenvalue weighted by Crippen LogP contribution is 2.30. The Hall–Kier alpha value is -1.59. The zero-order valence-electron chi connectivity index (χ0n) is 19.6. The maximum Gasteiger partial charge on any atom is 0.256 e. The van der Waals surface area contributed by atoms with Crippen LogP contribution in [0.1, 0.15) is 60.8 Å². The third kappa shape index (κ3) is 8.75. The molecule has 0 spiro atoms. The van der Waals surface area contributed by atoms with Gasteiger partial charge in [0.2, 0.25) is 0 Å². The first-order chi connectivity index (χ1) is 13.8. The Bertz CT molecular complexity index is 570. The highest BCUT2D eigenvalue weighted by Gasteiger charge is 2.39. The van der Waals surface area contributed by atoms with Gasteiger partial charge in [-0.3, -0.25) is 4.79 Å². The third-order valence-electron chi connectivity index (χ3n) is 5.17. The molecular weight excluding hydrogens is 364 g/mol. The van der Waals surface area contributed by atoms with E-state index in [1.54, 1.807) is 7.11 Å². The molecule has 0 unspecified atom stereocenters. The van der Waals surface area contributed by atoms with Gasteiger partial charge in [0.05, 0.1) is 6.61 Å². The van der Waals surface area contributed by atoms with E-state index in [1.165, 1.54) is 0 Å². The number of ether oxygens (including phenoxy) is 2. The molecule has 0 fully saturated rings. The Labute approximate surface area is 178 Å². The second-order valence-corrected chi connectivity index (χ2v) is 8.60. The van der Waals surface area contributed by atoms with Crippen LogP contribution in [-0.4, -0.2) is 49.8 Å². The van der Waals surface area contributed by atoms with E-state index >= 15 is 0 Å². The number of benzene rings is 1. The van der Waals surface area contributed by atoms with E-state index in [2.05, 4.69) is 51.8 Å². The average Bonchev–Trinajstić information content (AvgIpc) is 2.68. The SMILES string of the molecule is CCN(CC)CCCOc1ccc(NC(=O)C(CC(C)C)(CC(C)C)OC)cc1.